The van der Waals surface area contributed by atoms with Gasteiger partial charge in [0.1, 0.15) is 6.04 Å². The molecule has 31 heavy (non-hydrogen) atoms. The van der Waals surface area contributed by atoms with E-state index in [1.54, 1.807) is 41.3 Å². The molecule has 0 aliphatic carbocycles. The highest BCUT2D eigenvalue weighted by Gasteiger charge is 2.37. The van der Waals surface area contributed by atoms with Crippen molar-refractivity contribution in [1.82, 2.24) is 14.8 Å². The maximum atomic E-state index is 13.1. The number of pyridine rings is 1. The Hall–Kier alpha value is -2.80. The summed E-state index contributed by atoms with van der Waals surface area (Å²) in [5.41, 5.74) is 1.59. The van der Waals surface area contributed by atoms with Gasteiger partial charge in [0.2, 0.25) is 5.91 Å². The summed E-state index contributed by atoms with van der Waals surface area (Å²) in [4.78, 5) is 39.9. The molecule has 1 aromatic carbocycles. The van der Waals surface area contributed by atoms with Crippen LogP contribution in [0.1, 0.15) is 31.9 Å². The predicted octanol–water partition coefficient (Wildman–Crippen LogP) is 3.29. The lowest BCUT2D eigenvalue weighted by Gasteiger charge is -2.43. The number of carbonyl (C=O) groups excluding carboxylic acids is 2. The molecule has 0 saturated carbocycles. The van der Waals surface area contributed by atoms with Crippen molar-refractivity contribution in [2.75, 3.05) is 18.4 Å². The fourth-order valence-corrected chi connectivity index (χ4v) is 4.80. The second kappa shape index (κ2) is 8.75. The van der Waals surface area contributed by atoms with Crippen molar-refractivity contribution < 1.29 is 9.59 Å². The van der Waals surface area contributed by atoms with Gasteiger partial charge in [-0.1, -0.05) is 37.6 Å². The number of aromatic nitrogens is 1. The lowest BCUT2D eigenvalue weighted by Crippen LogP contribution is -2.56. The molecule has 2 aliphatic rings. The third kappa shape index (κ3) is 4.61. The maximum absolute atomic E-state index is 13.1. The average molecular weight is 443 g/mol. The van der Waals surface area contributed by atoms with E-state index in [-0.39, 0.29) is 35.3 Å². The number of nitrogens with zero attached hydrogens (tertiary/aromatic N) is 2. The highest BCUT2D eigenvalue weighted by atomic mass is 35.5. The number of likely N-dealkylation sites (tertiary alicyclic amines) is 1. The summed E-state index contributed by atoms with van der Waals surface area (Å²) in [6, 6.07) is 11.3. The van der Waals surface area contributed by atoms with Gasteiger partial charge in [0.05, 0.1) is 0 Å². The molecular weight excluding hydrogens is 416 g/mol. The molecule has 3 heterocycles. The number of amides is 3. The van der Waals surface area contributed by atoms with E-state index in [9.17, 15) is 14.4 Å². The second-order valence-electron chi connectivity index (χ2n) is 8.77. The topological polar surface area (TPSA) is 83.4 Å². The number of piperidine rings is 1. The van der Waals surface area contributed by atoms with E-state index in [1.807, 2.05) is 24.5 Å². The first-order chi connectivity index (χ1) is 14.8. The molecule has 2 N–H and O–H groups in total. The van der Waals surface area contributed by atoms with Crippen molar-refractivity contribution in [2.45, 2.75) is 38.8 Å². The molecule has 2 aromatic rings. The first-order valence-electron chi connectivity index (χ1n) is 10.6. The smallest absolute Gasteiger partial charge is 0.318 e. The van der Waals surface area contributed by atoms with Crippen LogP contribution in [-0.4, -0.2) is 40.5 Å². The fraction of sp³-hybridized carbons (Fsp3) is 0.435. The number of hydrogen-bond donors (Lipinski definition) is 2. The number of nitrogens with one attached hydrogen (secondary N) is 2. The second-order valence-corrected chi connectivity index (χ2v) is 9.21. The summed E-state index contributed by atoms with van der Waals surface area (Å²) in [6.45, 7) is 5.53. The zero-order valence-electron chi connectivity index (χ0n) is 17.7. The molecule has 0 spiro atoms. The number of carbonyl (C=O) groups is 2. The van der Waals surface area contributed by atoms with Crippen molar-refractivity contribution in [1.29, 1.82) is 0 Å². The van der Waals surface area contributed by atoms with E-state index in [0.717, 1.165) is 12.1 Å². The van der Waals surface area contributed by atoms with Gasteiger partial charge in [-0.15, -0.1) is 0 Å². The van der Waals surface area contributed by atoms with Gasteiger partial charge in [-0.25, -0.2) is 4.79 Å². The van der Waals surface area contributed by atoms with Gasteiger partial charge in [0.25, 0.3) is 5.56 Å². The maximum Gasteiger partial charge on any atom is 0.318 e. The molecule has 0 unspecified atom stereocenters. The summed E-state index contributed by atoms with van der Waals surface area (Å²) in [5, 5.41) is 6.29. The molecule has 7 nitrogen and oxygen atoms in total. The number of hydrogen-bond acceptors (Lipinski definition) is 3. The Morgan fingerprint density at radius 3 is 2.61 bits per heavy atom. The summed E-state index contributed by atoms with van der Waals surface area (Å²) in [6.07, 6.45) is 0.968. The van der Waals surface area contributed by atoms with Crippen molar-refractivity contribution >= 4 is 29.2 Å². The predicted molar refractivity (Wildman–Crippen MR) is 120 cm³/mol. The average Bonchev–Trinajstić information content (AvgIpc) is 2.72. The van der Waals surface area contributed by atoms with E-state index in [4.69, 9.17) is 11.6 Å². The Bertz CT molecular complexity index is 1050. The molecule has 2 bridgehead atoms. The Balaban J connectivity index is 1.45. The Morgan fingerprint density at radius 2 is 1.87 bits per heavy atom. The highest BCUT2D eigenvalue weighted by molar-refractivity contribution is 6.30. The van der Waals surface area contributed by atoms with Crippen LogP contribution in [0.15, 0.2) is 47.3 Å². The minimum atomic E-state index is -0.678. The van der Waals surface area contributed by atoms with E-state index >= 15 is 0 Å². The third-order valence-electron chi connectivity index (χ3n) is 6.09. The summed E-state index contributed by atoms with van der Waals surface area (Å²) in [7, 11) is 0. The molecule has 4 rings (SSSR count). The van der Waals surface area contributed by atoms with E-state index in [2.05, 4.69) is 10.6 Å². The van der Waals surface area contributed by atoms with Crippen molar-refractivity contribution in [3.05, 3.63) is 63.5 Å². The summed E-state index contributed by atoms with van der Waals surface area (Å²) in [5.74, 6) is -0.00808. The number of anilines is 1. The lowest BCUT2D eigenvalue weighted by atomic mass is 9.83. The standard InChI is InChI=1S/C23H27ClN4O3/c1-14(2)21(22(30)25-18-6-3-5-17(24)10-18)26-23(31)27-11-15-9-16(13-27)19-7-4-8-20(29)28(19)12-15/h3-8,10,14-16,21H,9,11-13H2,1-2H3,(H,25,30)(H,26,31)/t15-,16+,21-/m0/s1. The van der Waals surface area contributed by atoms with E-state index < -0.39 is 6.04 Å². The minimum absolute atomic E-state index is 0.0164. The van der Waals surface area contributed by atoms with Crippen LogP contribution < -0.4 is 16.2 Å². The molecule has 1 fully saturated rings. The normalized spacial score (nSPS) is 20.7. The molecule has 3 atom stereocenters. The number of rotatable bonds is 4. The number of halogens is 1. The van der Waals surface area contributed by atoms with Gasteiger partial charge in [0, 0.05) is 48.0 Å². The molecular formula is C23H27ClN4O3. The zero-order chi connectivity index (χ0) is 22.1. The lowest BCUT2D eigenvalue weighted by molar-refractivity contribution is -0.118. The summed E-state index contributed by atoms with van der Waals surface area (Å²) < 4.78 is 1.84. The van der Waals surface area contributed by atoms with E-state index in [0.29, 0.717) is 30.3 Å². The van der Waals surface area contributed by atoms with Crippen LogP contribution >= 0.6 is 11.6 Å². The van der Waals surface area contributed by atoms with Crippen molar-refractivity contribution in [3.8, 4) is 0 Å². The van der Waals surface area contributed by atoms with Crippen LogP contribution in [0.2, 0.25) is 5.02 Å². The Labute approximate surface area is 186 Å². The zero-order valence-corrected chi connectivity index (χ0v) is 18.4. The van der Waals surface area contributed by atoms with Gasteiger partial charge < -0.3 is 20.1 Å². The van der Waals surface area contributed by atoms with Crippen LogP contribution in [0.3, 0.4) is 0 Å². The Morgan fingerprint density at radius 1 is 1.10 bits per heavy atom. The fourth-order valence-electron chi connectivity index (χ4n) is 4.61. The van der Waals surface area contributed by atoms with Crippen LogP contribution in [0.5, 0.6) is 0 Å². The molecule has 164 valence electrons. The van der Waals surface area contributed by atoms with Crippen molar-refractivity contribution in [2.24, 2.45) is 11.8 Å². The van der Waals surface area contributed by atoms with Gasteiger partial charge in [0.15, 0.2) is 0 Å². The van der Waals surface area contributed by atoms with Crippen LogP contribution in [0.4, 0.5) is 10.5 Å². The molecule has 1 saturated heterocycles. The van der Waals surface area contributed by atoms with Crippen LogP contribution in [0, 0.1) is 11.8 Å². The first-order valence-corrected chi connectivity index (χ1v) is 11.0. The van der Waals surface area contributed by atoms with Gasteiger partial charge in [-0.3, -0.25) is 9.59 Å². The Kier molecular flexibility index (Phi) is 6.05. The van der Waals surface area contributed by atoms with Crippen LogP contribution in [0.25, 0.3) is 0 Å². The van der Waals surface area contributed by atoms with Gasteiger partial charge >= 0.3 is 6.03 Å². The third-order valence-corrected chi connectivity index (χ3v) is 6.32. The number of benzene rings is 1. The molecule has 2 aliphatic heterocycles. The molecule has 1 aromatic heterocycles. The van der Waals surface area contributed by atoms with Gasteiger partial charge in [-0.2, -0.15) is 0 Å². The largest absolute Gasteiger partial charge is 0.326 e. The van der Waals surface area contributed by atoms with E-state index in [1.165, 1.54) is 0 Å². The molecule has 3 amide bonds. The summed E-state index contributed by atoms with van der Waals surface area (Å²) >= 11 is 6.00. The van der Waals surface area contributed by atoms with Crippen LogP contribution in [-0.2, 0) is 11.3 Å². The molecule has 8 heteroatoms. The molecule has 0 radical (unpaired) electrons. The number of fused-ring (bicyclic) bond motifs is 4. The number of urea groups is 1. The highest BCUT2D eigenvalue weighted by Crippen LogP contribution is 2.35. The SMILES string of the molecule is CC(C)[C@H](NC(=O)N1C[C@@H]2C[C@H](C1)c1cccc(=O)n1C2)C(=O)Nc1cccc(Cl)c1. The quantitative estimate of drug-likeness (QED) is 0.762. The van der Waals surface area contributed by atoms with Gasteiger partial charge in [-0.05, 0) is 42.5 Å². The minimum Gasteiger partial charge on any atom is -0.326 e. The first kappa shape index (κ1) is 21.4. The monoisotopic (exact) mass is 442 g/mol. The van der Waals surface area contributed by atoms with Crippen molar-refractivity contribution in [3.63, 3.8) is 0 Å².